The highest BCUT2D eigenvalue weighted by atomic mass is 16.2. The van der Waals surface area contributed by atoms with Crippen LogP contribution in [0.1, 0.15) is 6.42 Å². The minimum Gasteiger partial charge on any atom is -0.274 e. The first kappa shape index (κ1) is 19.4. The Labute approximate surface area is 196 Å². The third-order valence-electron chi connectivity index (χ3n) is 7.50. The molecule has 0 radical (unpaired) electrons. The summed E-state index contributed by atoms with van der Waals surface area (Å²) < 4.78 is 0. The summed E-state index contributed by atoms with van der Waals surface area (Å²) >= 11 is 0. The number of anilines is 1. The molecule has 0 spiro atoms. The van der Waals surface area contributed by atoms with Crippen molar-refractivity contribution < 1.29 is 9.59 Å². The van der Waals surface area contributed by atoms with E-state index in [9.17, 15) is 9.59 Å². The molecule has 2 bridgehead atoms. The topological polar surface area (TPSA) is 63.2 Å². The Kier molecular flexibility index (Phi) is 4.09. The van der Waals surface area contributed by atoms with E-state index in [1.54, 1.807) is 0 Å². The molecule has 5 nitrogen and oxygen atoms in total. The molecular formula is C29H21N3O2. The van der Waals surface area contributed by atoms with E-state index < -0.39 is 0 Å². The van der Waals surface area contributed by atoms with Crippen molar-refractivity contribution in [1.82, 2.24) is 9.97 Å². The highest BCUT2D eigenvalue weighted by Gasteiger charge is 2.59. The van der Waals surface area contributed by atoms with Crippen molar-refractivity contribution in [2.45, 2.75) is 6.42 Å². The molecule has 4 aromatic rings. The number of nitrogens with zero attached hydrogens (tertiary/aromatic N) is 3. The molecule has 2 fully saturated rings. The van der Waals surface area contributed by atoms with Crippen molar-refractivity contribution in [3.8, 4) is 22.6 Å². The van der Waals surface area contributed by atoms with E-state index in [-0.39, 0.29) is 35.5 Å². The monoisotopic (exact) mass is 443 g/mol. The quantitative estimate of drug-likeness (QED) is 0.319. The van der Waals surface area contributed by atoms with Gasteiger partial charge in [0, 0.05) is 16.5 Å². The molecule has 4 atom stereocenters. The predicted octanol–water partition coefficient (Wildman–Crippen LogP) is 5.28. The van der Waals surface area contributed by atoms with Crippen LogP contribution in [0.25, 0.3) is 33.5 Å². The summed E-state index contributed by atoms with van der Waals surface area (Å²) in [6.45, 7) is 0. The van der Waals surface area contributed by atoms with Gasteiger partial charge in [-0.2, -0.15) is 0 Å². The molecule has 2 amide bonds. The Bertz CT molecular complexity index is 1460. The molecule has 5 heteroatoms. The first-order valence-electron chi connectivity index (χ1n) is 11.7. The molecule has 34 heavy (non-hydrogen) atoms. The fourth-order valence-electron chi connectivity index (χ4n) is 5.94. The SMILES string of the molecule is O=C1[C@@H]2[C@H](C(=O)N1c1ccc(-c3nc(-c4ccccc4)c4ccccc4n3)cc1)[C@H]1C=C[C@H]2C1. The highest BCUT2D eigenvalue weighted by molar-refractivity contribution is 6.22. The summed E-state index contributed by atoms with van der Waals surface area (Å²) in [4.78, 5) is 37.4. The number of aromatic nitrogens is 2. The number of hydrogen-bond acceptors (Lipinski definition) is 4. The maximum Gasteiger partial charge on any atom is 0.238 e. The number of benzene rings is 3. The number of allylic oxidation sites excluding steroid dienone is 2. The number of carbonyl (C=O) groups excluding carboxylic acids is 2. The van der Waals surface area contributed by atoms with Gasteiger partial charge >= 0.3 is 0 Å². The number of imide groups is 1. The molecule has 164 valence electrons. The summed E-state index contributed by atoms with van der Waals surface area (Å²) in [5, 5.41) is 0.997. The second kappa shape index (κ2) is 7.19. The Morgan fingerprint density at radius 1 is 0.676 bits per heavy atom. The lowest BCUT2D eigenvalue weighted by Crippen LogP contribution is -2.32. The summed E-state index contributed by atoms with van der Waals surface area (Å²) in [5.41, 5.74) is 4.24. The van der Waals surface area contributed by atoms with Gasteiger partial charge in [-0.1, -0.05) is 60.7 Å². The first-order chi connectivity index (χ1) is 16.7. The number of rotatable bonds is 3. The lowest BCUT2D eigenvalue weighted by Gasteiger charge is -2.17. The molecule has 1 aromatic heterocycles. The van der Waals surface area contributed by atoms with E-state index >= 15 is 0 Å². The largest absolute Gasteiger partial charge is 0.274 e. The zero-order valence-corrected chi connectivity index (χ0v) is 18.3. The van der Waals surface area contributed by atoms with Gasteiger partial charge < -0.3 is 0 Å². The number of para-hydroxylation sites is 1. The fourth-order valence-corrected chi connectivity index (χ4v) is 5.94. The lowest BCUT2D eigenvalue weighted by atomic mass is 9.85. The minimum absolute atomic E-state index is 0.0621. The molecule has 3 aliphatic rings. The zero-order valence-electron chi connectivity index (χ0n) is 18.3. The minimum atomic E-state index is -0.195. The second-order valence-corrected chi connectivity index (χ2v) is 9.34. The first-order valence-corrected chi connectivity index (χ1v) is 11.7. The summed E-state index contributed by atoms with van der Waals surface area (Å²) in [6.07, 6.45) is 5.17. The van der Waals surface area contributed by atoms with Crippen LogP contribution >= 0.6 is 0 Å². The van der Waals surface area contributed by atoms with Crippen LogP contribution in [0.2, 0.25) is 0 Å². The average Bonchev–Trinajstić information content (AvgIpc) is 3.57. The molecule has 1 saturated carbocycles. The van der Waals surface area contributed by atoms with E-state index in [1.165, 1.54) is 4.90 Å². The van der Waals surface area contributed by atoms with Crippen LogP contribution in [0.4, 0.5) is 5.69 Å². The maximum absolute atomic E-state index is 13.1. The van der Waals surface area contributed by atoms with Crippen LogP contribution in [0, 0.1) is 23.7 Å². The van der Waals surface area contributed by atoms with Gasteiger partial charge in [-0.3, -0.25) is 14.5 Å². The summed E-state index contributed by atoms with van der Waals surface area (Å²) in [5.74, 6) is 0.512. The van der Waals surface area contributed by atoms with E-state index in [1.807, 2.05) is 78.9 Å². The number of amides is 2. The average molecular weight is 444 g/mol. The third kappa shape index (κ3) is 2.73. The van der Waals surface area contributed by atoms with Gasteiger partial charge in [-0.25, -0.2) is 9.97 Å². The van der Waals surface area contributed by atoms with Crippen LogP contribution in [-0.2, 0) is 9.59 Å². The van der Waals surface area contributed by atoms with E-state index in [0.717, 1.165) is 34.1 Å². The van der Waals surface area contributed by atoms with Crippen molar-refractivity contribution in [3.05, 3.63) is 91.0 Å². The van der Waals surface area contributed by atoms with Crippen molar-refractivity contribution in [2.75, 3.05) is 4.90 Å². The Morgan fingerprint density at radius 3 is 2.03 bits per heavy atom. The molecule has 7 rings (SSSR count). The molecule has 1 aliphatic heterocycles. The van der Waals surface area contributed by atoms with Crippen LogP contribution < -0.4 is 4.90 Å². The molecule has 1 saturated heterocycles. The van der Waals surface area contributed by atoms with Crippen LogP contribution in [0.15, 0.2) is 91.0 Å². The number of hydrogen-bond donors (Lipinski definition) is 0. The maximum atomic E-state index is 13.1. The van der Waals surface area contributed by atoms with Crippen molar-refractivity contribution in [1.29, 1.82) is 0 Å². The van der Waals surface area contributed by atoms with E-state index in [2.05, 4.69) is 12.2 Å². The molecule has 3 aromatic carbocycles. The second-order valence-electron chi connectivity index (χ2n) is 9.34. The zero-order chi connectivity index (χ0) is 22.8. The lowest BCUT2D eigenvalue weighted by molar-refractivity contribution is -0.123. The van der Waals surface area contributed by atoms with Gasteiger partial charge in [0.15, 0.2) is 5.82 Å². The Hall–Kier alpha value is -4.12. The van der Waals surface area contributed by atoms with E-state index in [4.69, 9.17) is 9.97 Å². The third-order valence-corrected chi connectivity index (χ3v) is 7.50. The Balaban J connectivity index is 1.27. The normalized spacial score (nSPS) is 24.9. The van der Waals surface area contributed by atoms with Gasteiger partial charge in [0.05, 0.1) is 28.7 Å². The molecular weight excluding hydrogens is 422 g/mol. The standard InChI is InChI=1S/C29H21N3O2/c33-28-24-19-10-11-20(16-19)25(24)29(34)32(28)21-14-12-18(13-15-21)27-30-23-9-5-4-8-22(23)26(31-27)17-6-2-1-3-7-17/h1-15,19-20,24-25H,16H2/t19-,20-,24-,25+/m0/s1. The van der Waals surface area contributed by atoms with Crippen molar-refractivity contribution >= 4 is 28.4 Å². The van der Waals surface area contributed by atoms with Crippen LogP contribution in [-0.4, -0.2) is 21.8 Å². The molecule has 2 aliphatic carbocycles. The van der Waals surface area contributed by atoms with Gasteiger partial charge in [-0.05, 0) is 48.6 Å². The van der Waals surface area contributed by atoms with Gasteiger partial charge in [0.2, 0.25) is 11.8 Å². The van der Waals surface area contributed by atoms with Crippen molar-refractivity contribution in [2.24, 2.45) is 23.7 Å². The smallest absolute Gasteiger partial charge is 0.238 e. The predicted molar refractivity (Wildman–Crippen MR) is 131 cm³/mol. The van der Waals surface area contributed by atoms with Gasteiger partial charge in [0.25, 0.3) is 0 Å². The van der Waals surface area contributed by atoms with Crippen LogP contribution in [0.3, 0.4) is 0 Å². The summed E-state index contributed by atoms with van der Waals surface area (Å²) in [7, 11) is 0. The molecule has 2 heterocycles. The van der Waals surface area contributed by atoms with E-state index in [0.29, 0.717) is 11.5 Å². The summed E-state index contributed by atoms with van der Waals surface area (Å²) in [6, 6.07) is 25.5. The number of carbonyl (C=O) groups is 2. The fraction of sp³-hybridized carbons (Fsp3) is 0.172. The van der Waals surface area contributed by atoms with Gasteiger partial charge in [0.1, 0.15) is 0 Å². The molecule has 0 N–H and O–H groups in total. The van der Waals surface area contributed by atoms with Gasteiger partial charge in [-0.15, -0.1) is 0 Å². The Morgan fingerprint density at radius 2 is 1.32 bits per heavy atom. The highest BCUT2D eigenvalue weighted by Crippen LogP contribution is 2.53. The van der Waals surface area contributed by atoms with Crippen LogP contribution in [0.5, 0.6) is 0 Å². The molecule has 0 unspecified atom stereocenters. The van der Waals surface area contributed by atoms with Crippen molar-refractivity contribution in [3.63, 3.8) is 0 Å². The number of fused-ring (bicyclic) bond motifs is 6.